The first-order valence-electron chi connectivity index (χ1n) is 24.1. The molecular weight excluding hydrogens is 896 g/mol. The molecule has 0 saturated heterocycles. The van der Waals surface area contributed by atoms with Crippen LogP contribution in [0.1, 0.15) is 106 Å². The van der Waals surface area contributed by atoms with Gasteiger partial charge in [-0.3, -0.25) is 0 Å². The van der Waals surface area contributed by atoms with Crippen molar-refractivity contribution in [3.8, 4) is 23.6 Å². The number of rotatable bonds is 12. The van der Waals surface area contributed by atoms with Gasteiger partial charge in [-0.05, 0) is 128 Å². The molecule has 2 aromatic heterocycles. The number of para-hydroxylation sites is 1. The molecule has 4 unspecified atom stereocenters. The Kier molecular flexibility index (Phi) is 13.2. The molecule has 2 aromatic carbocycles. The van der Waals surface area contributed by atoms with Gasteiger partial charge in [-0.2, -0.15) is 33.7 Å². The molecule has 69 heavy (non-hydrogen) atoms. The van der Waals surface area contributed by atoms with E-state index in [1.165, 1.54) is 69.1 Å². The van der Waals surface area contributed by atoms with Crippen LogP contribution in [-0.4, -0.2) is 51.4 Å². The summed E-state index contributed by atoms with van der Waals surface area (Å²) in [4.78, 5) is 17.3. The normalized spacial score (nSPS) is 30.2. The molecule has 14 nitrogen and oxygen atoms in total. The number of fused-ring (bicyclic) bond motifs is 1. The highest BCUT2D eigenvalue weighted by Gasteiger charge is 2.55. The maximum Gasteiger partial charge on any atom is 0.586 e. The topological polar surface area (TPSA) is 218 Å². The van der Waals surface area contributed by atoms with Crippen LogP contribution in [0.3, 0.4) is 0 Å². The summed E-state index contributed by atoms with van der Waals surface area (Å²) in [7, 11) is 0. The van der Waals surface area contributed by atoms with Gasteiger partial charge in [0.2, 0.25) is 11.9 Å². The Balaban J connectivity index is 0.000000166. The first kappa shape index (κ1) is 48.0. The minimum Gasteiger partial charge on any atom is -0.395 e. The van der Waals surface area contributed by atoms with E-state index in [-0.39, 0.29) is 52.9 Å². The SMILES string of the molecule is CC.N#Cc1cnc(NCc2cccc3c2OC(F)(F)O3)nc1NCC12CC3CC(C1)C(N)C(C3)C2.N#Cc1cnc(NCc2ccccc2C(F)(F)F)nc1NCC12CC3CC(C1)C(N)C(C3)C2. The summed E-state index contributed by atoms with van der Waals surface area (Å²) in [6.07, 6.45) is 6.51. The fourth-order valence-electron chi connectivity index (χ4n) is 13.3. The van der Waals surface area contributed by atoms with Crippen LogP contribution in [0, 0.1) is 69.0 Å². The van der Waals surface area contributed by atoms with Gasteiger partial charge in [0.05, 0.1) is 18.0 Å². The van der Waals surface area contributed by atoms with Gasteiger partial charge in [0.25, 0.3) is 0 Å². The van der Waals surface area contributed by atoms with E-state index in [0.29, 0.717) is 70.6 Å². The lowest BCUT2D eigenvalue weighted by molar-refractivity contribution is -0.286. The monoisotopic (exact) mass is 954 g/mol. The zero-order valence-corrected chi connectivity index (χ0v) is 38.8. The molecule has 0 amide bonds. The van der Waals surface area contributed by atoms with E-state index in [4.69, 9.17) is 11.5 Å². The van der Waals surface area contributed by atoms with Gasteiger partial charge < -0.3 is 42.2 Å². The van der Waals surface area contributed by atoms with Crippen molar-refractivity contribution in [2.75, 3.05) is 34.4 Å². The molecule has 8 N–H and O–H groups in total. The number of alkyl halides is 5. The van der Waals surface area contributed by atoms with Crippen LogP contribution in [0.25, 0.3) is 0 Å². The molecule has 8 aliphatic carbocycles. The van der Waals surface area contributed by atoms with Crippen molar-refractivity contribution in [1.82, 2.24) is 19.9 Å². The number of hydrogen-bond donors (Lipinski definition) is 6. The number of nitrogens with zero attached hydrogens (tertiary/aromatic N) is 6. The van der Waals surface area contributed by atoms with Crippen LogP contribution in [0.4, 0.5) is 45.5 Å². The molecule has 8 fully saturated rings. The van der Waals surface area contributed by atoms with Crippen molar-refractivity contribution < 1.29 is 31.4 Å². The highest BCUT2D eigenvalue weighted by atomic mass is 19.4. The molecule has 4 aromatic rings. The fraction of sp³-hybridized carbons (Fsp3) is 0.560. The summed E-state index contributed by atoms with van der Waals surface area (Å²) in [6, 6.07) is 15.0. The second-order valence-corrected chi connectivity index (χ2v) is 20.2. The van der Waals surface area contributed by atoms with Crippen molar-refractivity contribution in [3.05, 3.63) is 82.7 Å². The fourth-order valence-corrected chi connectivity index (χ4v) is 13.3. The van der Waals surface area contributed by atoms with Gasteiger partial charge in [-0.15, -0.1) is 8.78 Å². The average Bonchev–Trinajstić information content (AvgIpc) is 3.67. The van der Waals surface area contributed by atoms with Gasteiger partial charge in [0, 0.05) is 43.8 Å². The van der Waals surface area contributed by atoms with Gasteiger partial charge in [-0.1, -0.05) is 44.2 Å². The van der Waals surface area contributed by atoms with E-state index in [9.17, 15) is 32.5 Å². The lowest BCUT2D eigenvalue weighted by Gasteiger charge is -2.59. The maximum atomic E-state index is 13.5. The summed E-state index contributed by atoms with van der Waals surface area (Å²) in [6.45, 7) is 5.54. The largest absolute Gasteiger partial charge is 0.586 e. The minimum absolute atomic E-state index is 0.00739. The van der Waals surface area contributed by atoms with Crippen molar-refractivity contribution in [2.45, 2.75) is 116 Å². The van der Waals surface area contributed by atoms with E-state index in [0.717, 1.165) is 50.1 Å². The lowest BCUT2D eigenvalue weighted by Crippen LogP contribution is -2.58. The summed E-state index contributed by atoms with van der Waals surface area (Å²) in [5, 5.41) is 31.8. The Labute approximate surface area is 398 Å². The smallest absolute Gasteiger partial charge is 0.395 e. The molecule has 3 heterocycles. The quantitative estimate of drug-likeness (QED) is 0.0730. The zero-order valence-electron chi connectivity index (χ0n) is 38.8. The summed E-state index contributed by atoms with van der Waals surface area (Å²) in [5.74, 6) is 5.17. The van der Waals surface area contributed by atoms with E-state index in [1.54, 1.807) is 18.2 Å². The predicted molar refractivity (Wildman–Crippen MR) is 248 cm³/mol. The van der Waals surface area contributed by atoms with Gasteiger partial charge in [0.15, 0.2) is 11.5 Å². The first-order valence-corrected chi connectivity index (χ1v) is 24.1. The van der Waals surface area contributed by atoms with Crippen molar-refractivity contribution in [1.29, 1.82) is 10.5 Å². The molecule has 1 aliphatic heterocycles. The Morgan fingerprint density at radius 2 is 1.12 bits per heavy atom. The zero-order chi connectivity index (χ0) is 48.7. The Bertz CT molecular complexity index is 2570. The minimum atomic E-state index is -4.43. The number of hydrogen-bond acceptors (Lipinski definition) is 14. The number of nitrogens with two attached hydrogens (primary N) is 2. The lowest BCUT2D eigenvalue weighted by atomic mass is 9.48. The van der Waals surface area contributed by atoms with Crippen molar-refractivity contribution in [3.63, 3.8) is 0 Å². The Morgan fingerprint density at radius 1 is 0.652 bits per heavy atom. The van der Waals surface area contributed by atoms with Crippen LogP contribution < -0.4 is 42.2 Å². The van der Waals surface area contributed by atoms with Crippen molar-refractivity contribution in [2.24, 2.45) is 57.8 Å². The first-order chi connectivity index (χ1) is 33.1. The van der Waals surface area contributed by atoms with Crippen LogP contribution in [0.15, 0.2) is 54.9 Å². The second-order valence-electron chi connectivity index (χ2n) is 20.2. The highest BCUT2D eigenvalue weighted by Crippen LogP contribution is 2.61. The molecule has 0 spiro atoms. The summed E-state index contributed by atoms with van der Waals surface area (Å²) < 4.78 is 75.8. The van der Waals surface area contributed by atoms with Crippen molar-refractivity contribution >= 4 is 23.5 Å². The average molecular weight is 955 g/mol. The van der Waals surface area contributed by atoms with E-state index in [1.807, 2.05) is 13.8 Å². The number of anilines is 4. The van der Waals surface area contributed by atoms with Gasteiger partial charge in [-0.25, -0.2) is 9.97 Å². The number of nitriles is 2. The number of nitrogens with one attached hydrogen (secondary N) is 4. The van der Waals surface area contributed by atoms with E-state index in [2.05, 4.69) is 62.8 Å². The van der Waals surface area contributed by atoms with Crippen LogP contribution in [-0.2, 0) is 19.3 Å². The summed E-state index contributed by atoms with van der Waals surface area (Å²) in [5.41, 5.74) is 13.9. The highest BCUT2D eigenvalue weighted by molar-refractivity contribution is 5.55. The van der Waals surface area contributed by atoms with Crippen LogP contribution in [0.5, 0.6) is 11.5 Å². The van der Waals surface area contributed by atoms with E-state index < -0.39 is 18.0 Å². The molecule has 19 heteroatoms. The number of benzene rings is 2. The third kappa shape index (κ3) is 10.0. The molecule has 13 rings (SSSR count). The second kappa shape index (κ2) is 19.0. The predicted octanol–water partition coefficient (Wildman–Crippen LogP) is 9.42. The molecule has 8 saturated carbocycles. The van der Waals surface area contributed by atoms with Crippen LogP contribution in [0.2, 0.25) is 0 Å². The number of aromatic nitrogens is 4. The third-order valence-electron chi connectivity index (χ3n) is 15.7. The number of halogens is 5. The van der Waals surface area contributed by atoms with Crippen LogP contribution >= 0.6 is 0 Å². The molecule has 366 valence electrons. The molecule has 4 atom stereocenters. The Morgan fingerprint density at radius 3 is 1.59 bits per heavy atom. The molecule has 8 bridgehead atoms. The Hall–Kier alpha value is -6.05. The van der Waals surface area contributed by atoms with Gasteiger partial charge in [0.1, 0.15) is 34.9 Å². The maximum absolute atomic E-state index is 13.5. The summed E-state index contributed by atoms with van der Waals surface area (Å²) >= 11 is 0. The number of ether oxygens (including phenoxy) is 2. The standard InChI is InChI=1S/C24H27F3N6.C24H26F2N6O2.C2H6/c25-24(26,27)19-4-2-1-3-15(19)11-30-22-31-12-18(10-28)21(33-22)32-13-23-7-14-5-16(8-23)20(29)17(6-14)9-23;25-24(26)33-18-3-1-2-14(20(18)34-24)10-29-22-30-11-17(9-27)21(32-22)31-12-23-6-13-4-15(7-23)19(28)16(5-13)8-23;1-2/h1-4,12,14,16-17,20H,5-9,11,13,29H2,(H2,30,31,32,33);1-3,11,13,15-16,19H,4-8,10,12,28H2,(H2,29,30,31,32);1-2H3. The molecule has 0 radical (unpaired) electrons. The molecule has 9 aliphatic rings. The van der Waals surface area contributed by atoms with E-state index >= 15 is 0 Å². The van der Waals surface area contributed by atoms with Gasteiger partial charge >= 0.3 is 12.5 Å². The third-order valence-corrected chi connectivity index (χ3v) is 15.7. The molecular formula is C50H59F5N12O2.